The molecule has 174 valence electrons. The van der Waals surface area contributed by atoms with Crippen molar-refractivity contribution in [1.82, 2.24) is 4.98 Å². The molecule has 1 aliphatic rings. The second-order valence-corrected chi connectivity index (χ2v) is 9.33. The molecule has 33 heavy (non-hydrogen) atoms. The van der Waals surface area contributed by atoms with Crippen molar-refractivity contribution < 1.29 is 27.0 Å². The van der Waals surface area contributed by atoms with Gasteiger partial charge in [-0.2, -0.15) is 4.98 Å². The molecule has 1 aromatic heterocycles. The van der Waals surface area contributed by atoms with Gasteiger partial charge in [-0.1, -0.05) is 24.3 Å². The highest BCUT2D eigenvalue weighted by Gasteiger charge is 2.28. The van der Waals surface area contributed by atoms with Gasteiger partial charge in [0.05, 0.1) is 25.2 Å². The minimum absolute atomic E-state index is 0.00753. The van der Waals surface area contributed by atoms with Gasteiger partial charge in [-0.25, -0.2) is 8.42 Å². The maximum atomic E-state index is 13.2. The molecule has 1 N–H and O–H groups in total. The molecular weight excluding hydrogens is 444 g/mol. The molecule has 8 nitrogen and oxygen atoms in total. The van der Waals surface area contributed by atoms with E-state index in [0.717, 1.165) is 18.4 Å². The summed E-state index contributed by atoms with van der Waals surface area (Å²) in [4.78, 5) is 4.44. The van der Waals surface area contributed by atoms with Crippen molar-refractivity contribution in [3.63, 3.8) is 0 Å². The third-order valence-corrected chi connectivity index (χ3v) is 6.94. The van der Waals surface area contributed by atoms with Crippen LogP contribution in [-0.4, -0.2) is 46.9 Å². The van der Waals surface area contributed by atoms with Crippen LogP contribution in [0.25, 0.3) is 12.2 Å². The highest BCUT2D eigenvalue weighted by molar-refractivity contribution is 7.91. The van der Waals surface area contributed by atoms with E-state index >= 15 is 0 Å². The number of nitrogens with zero attached hydrogens (tertiary/aromatic N) is 1. The summed E-state index contributed by atoms with van der Waals surface area (Å²) in [6.45, 7) is 1.14. The van der Waals surface area contributed by atoms with Crippen molar-refractivity contribution in [2.75, 3.05) is 32.7 Å². The number of rotatable bonds is 9. The molecule has 0 saturated carbocycles. The van der Waals surface area contributed by atoms with E-state index in [2.05, 4.69) is 10.3 Å². The first-order valence-corrected chi connectivity index (χ1v) is 12.1. The lowest BCUT2D eigenvalue weighted by atomic mass is 10.2. The van der Waals surface area contributed by atoms with Crippen molar-refractivity contribution >= 4 is 27.9 Å². The van der Waals surface area contributed by atoms with Crippen LogP contribution in [0.15, 0.2) is 62.9 Å². The Kier molecular flexibility index (Phi) is 7.00. The predicted molar refractivity (Wildman–Crippen MR) is 124 cm³/mol. The first-order chi connectivity index (χ1) is 16.0. The maximum absolute atomic E-state index is 13.2. The summed E-state index contributed by atoms with van der Waals surface area (Å²) in [5.74, 6) is 1.45. The molecule has 2 aromatic carbocycles. The molecule has 0 amide bonds. The maximum Gasteiger partial charge on any atom is 0.233 e. The number of hydrogen-bond acceptors (Lipinski definition) is 8. The van der Waals surface area contributed by atoms with Gasteiger partial charge in [-0.15, -0.1) is 0 Å². The molecule has 1 aliphatic heterocycles. The second-order valence-electron chi connectivity index (χ2n) is 7.47. The van der Waals surface area contributed by atoms with Crippen molar-refractivity contribution in [2.45, 2.75) is 28.9 Å². The van der Waals surface area contributed by atoms with Crippen LogP contribution < -0.4 is 14.8 Å². The fourth-order valence-corrected chi connectivity index (χ4v) is 4.84. The summed E-state index contributed by atoms with van der Waals surface area (Å²) in [5.41, 5.74) is 0.812. The first-order valence-electron chi connectivity index (χ1n) is 10.6. The largest absolute Gasteiger partial charge is 0.493 e. The molecule has 4 rings (SSSR count). The summed E-state index contributed by atoms with van der Waals surface area (Å²) in [6.07, 6.45) is 5.28. The van der Waals surface area contributed by atoms with E-state index in [-0.39, 0.29) is 27.8 Å². The Balaban J connectivity index is 1.64. The number of anilines is 1. The topological polar surface area (TPSA) is 99.9 Å². The highest BCUT2D eigenvalue weighted by atomic mass is 32.2. The monoisotopic (exact) mass is 470 g/mol. The molecule has 9 heteroatoms. The van der Waals surface area contributed by atoms with Crippen LogP contribution >= 0.6 is 0 Å². The summed E-state index contributed by atoms with van der Waals surface area (Å²) < 4.78 is 48.5. The van der Waals surface area contributed by atoms with E-state index in [1.807, 2.05) is 6.07 Å². The SMILES string of the molecule is COc1ccc(/C=C/c2nc(S(=O)(=O)c3ccccc3)c(NC[C@@H]3CCCO3)o2)cc1OC. The predicted octanol–water partition coefficient (Wildman–Crippen LogP) is 4.29. The van der Waals surface area contributed by atoms with E-state index in [9.17, 15) is 8.42 Å². The van der Waals surface area contributed by atoms with Crippen LogP contribution in [0.4, 0.5) is 5.88 Å². The van der Waals surface area contributed by atoms with Gasteiger partial charge in [-0.05, 0) is 48.7 Å². The number of nitrogens with one attached hydrogen (secondary N) is 1. The number of aromatic nitrogens is 1. The number of benzene rings is 2. The van der Waals surface area contributed by atoms with Gasteiger partial charge >= 0.3 is 0 Å². The van der Waals surface area contributed by atoms with Crippen LogP contribution in [0.2, 0.25) is 0 Å². The summed E-state index contributed by atoms with van der Waals surface area (Å²) in [5, 5.41) is 2.93. The van der Waals surface area contributed by atoms with Gasteiger partial charge in [0.1, 0.15) is 0 Å². The zero-order chi connectivity index (χ0) is 23.3. The smallest absolute Gasteiger partial charge is 0.233 e. The van der Waals surface area contributed by atoms with E-state index in [1.54, 1.807) is 56.7 Å². The van der Waals surface area contributed by atoms with Gasteiger partial charge in [0.15, 0.2) is 11.5 Å². The second kappa shape index (κ2) is 10.1. The summed E-state index contributed by atoms with van der Waals surface area (Å²) >= 11 is 0. The van der Waals surface area contributed by atoms with Gasteiger partial charge < -0.3 is 23.9 Å². The Morgan fingerprint density at radius 2 is 1.88 bits per heavy atom. The van der Waals surface area contributed by atoms with Crippen LogP contribution in [0.5, 0.6) is 11.5 Å². The van der Waals surface area contributed by atoms with E-state index < -0.39 is 9.84 Å². The Hall–Kier alpha value is -3.30. The molecule has 0 aliphatic carbocycles. The standard InChI is InChI=1S/C24H26N2O6S/c1-29-20-12-10-17(15-21(20)30-2)11-13-22-26-24(33(27,28)19-8-4-3-5-9-19)23(32-22)25-16-18-7-6-14-31-18/h3-5,8-13,15,18,25H,6-7,14,16H2,1-2H3/b13-11+/t18-/m0/s1. The first kappa shape index (κ1) is 22.9. The Morgan fingerprint density at radius 3 is 2.58 bits per heavy atom. The number of sulfone groups is 1. The molecule has 1 saturated heterocycles. The zero-order valence-corrected chi connectivity index (χ0v) is 19.3. The fraction of sp³-hybridized carbons (Fsp3) is 0.292. The molecule has 3 aromatic rings. The number of ether oxygens (including phenoxy) is 3. The van der Waals surface area contributed by atoms with Crippen LogP contribution in [0, 0.1) is 0 Å². The summed E-state index contributed by atoms with van der Waals surface area (Å²) in [7, 11) is -0.745. The van der Waals surface area contributed by atoms with Crippen molar-refractivity contribution in [3.05, 3.63) is 60.0 Å². The van der Waals surface area contributed by atoms with Crippen LogP contribution in [0.1, 0.15) is 24.3 Å². The summed E-state index contributed by atoms with van der Waals surface area (Å²) in [6, 6.07) is 13.6. The van der Waals surface area contributed by atoms with Gasteiger partial charge in [-0.3, -0.25) is 0 Å². The number of oxazole rings is 1. The van der Waals surface area contributed by atoms with Crippen molar-refractivity contribution in [1.29, 1.82) is 0 Å². The highest BCUT2D eigenvalue weighted by Crippen LogP contribution is 2.31. The van der Waals surface area contributed by atoms with Crippen LogP contribution in [-0.2, 0) is 14.6 Å². The third kappa shape index (κ3) is 5.20. The van der Waals surface area contributed by atoms with E-state index in [4.69, 9.17) is 18.6 Å². The lowest BCUT2D eigenvalue weighted by Crippen LogP contribution is -2.19. The number of hydrogen-bond donors (Lipinski definition) is 1. The molecular formula is C24H26N2O6S. The van der Waals surface area contributed by atoms with E-state index in [1.165, 1.54) is 12.1 Å². The molecule has 2 heterocycles. The fourth-order valence-electron chi connectivity index (χ4n) is 3.53. The Bertz CT molecular complexity index is 1220. The third-order valence-electron chi connectivity index (χ3n) is 5.26. The molecule has 0 bridgehead atoms. The minimum atomic E-state index is -3.88. The Morgan fingerprint density at radius 1 is 1.09 bits per heavy atom. The lowest BCUT2D eigenvalue weighted by molar-refractivity contribution is 0.120. The average Bonchev–Trinajstić information content (AvgIpc) is 3.52. The number of methoxy groups -OCH3 is 2. The van der Waals surface area contributed by atoms with E-state index in [0.29, 0.717) is 24.7 Å². The molecule has 0 unspecified atom stereocenters. The molecule has 0 spiro atoms. The lowest BCUT2D eigenvalue weighted by Gasteiger charge is -2.10. The van der Waals surface area contributed by atoms with Gasteiger partial charge in [0.25, 0.3) is 0 Å². The molecule has 1 fully saturated rings. The van der Waals surface area contributed by atoms with Gasteiger partial charge in [0.2, 0.25) is 26.6 Å². The molecule has 1 atom stereocenters. The van der Waals surface area contributed by atoms with Gasteiger partial charge in [0, 0.05) is 19.2 Å². The van der Waals surface area contributed by atoms with Crippen LogP contribution in [0.3, 0.4) is 0 Å². The quantitative estimate of drug-likeness (QED) is 0.495. The Labute approximate surface area is 193 Å². The van der Waals surface area contributed by atoms with Crippen molar-refractivity contribution in [2.24, 2.45) is 0 Å². The normalized spacial score (nSPS) is 16.2. The zero-order valence-electron chi connectivity index (χ0n) is 18.5. The molecule has 0 radical (unpaired) electrons. The average molecular weight is 471 g/mol. The van der Waals surface area contributed by atoms with Crippen molar-refractivity contribution in [3.8, 4) is 11.5 Å². The minimum Gasteiger partial charge on any atom is -0.493 e.